The summed E-state index contributed by atoms with van der Waals surface area (Å²) in [5.74, 6) is -1.25. The molecule has 0 bridgehead atoms. The maximum Gasteiger partial charge on any atom is 0.475 e. The molecule has 5 rings (SSSR count). The standard InChI is InChI=1S/C26H22FN5O6S/c1-30(2)18-9-12-32(13-10-18)39(36,37)29-26(35)38-24-19-4-3-11-28-22(19)23(33)21-20(24)15-31(25(21)34)14-16-5-7-17(27)8-6-16/h3-13,15H,14H2,1-2H3,(H2-,29,33,34,35)/p+1. The molecule has 0 saturated carbocycles. The van der Waals surface area contributed by atoms with Crippen molar-refractivity contribution in [2.75, 3.05) is 19.0 Å². The number of phenols is 1. The first kappa shape index (κ1) is 25.7. The van der Waals surface area contributed by atoms with Crippen LogP contribution in [0.1, 0.15) is 5.56 Å². The van der Waals surface area contributed by atoms with Gasteiger partial charge in [-0.25, -0.2) is 9.18 Å². The van der Waals surface area contributed by atoms with E-state index in [0.29, 0.717) is 5.56 Å². The molecule has 0 aliphatic rings. The van der Waals surface area contributed by atoms with Crippen LogP contribution in [0.5, 0.6) is 17.4 Å². The normalized spacial score (nSPS) is 11.6. The number of anilines is 1. The molecule has 39 heavy (non-hydrogen) atoms. The van der Waals surface area contributed by atoms with E-state index in [9.17, 15) is 27.8 Å². The van der Waals surface area contributed by atoms with Gasteiger partial charge in [-0.3, -0.25) is 4.98 Å². The first-order chi connectivity index (χ1) is 18.5. The van der Waals surface area contributed by atoms with Crippen LogP contribution in [0.3, 0.4) is 0 Å². The smallest absolute Gasteiger partial charge is 0.475 e. The molecule has 2 aromatic carbocycles. The number of nitrogens with zero attached hydrogens (tertiary/aromatic N) is 4. The molecular weight excluding hydrogens is 529 g/mol. The molecule has 11 nitrogen and oxygen atoms in total. The monoisotopic (exact) mass is 552 g/mol. The number of rotatable bonds is 6. The maximum atomic E-state index is 13.3. The lowest BCUT2D eigenvalue weighted by Gasteiger charge is -2.11. The zero-order valence-corrected chi connectivity index (χ0v) is 21.6. The Balaban J connectivity index is 1.53. The van der Waals surface area contributed by atoms with Crippen LogP contribution in [-0.2, 0) is 16.8 Å². The molecule has 0 aliphatic carbocycles. The van der Waals surface area contributed by atoms with Crippen molar-refractivity contribution in [2.45, 2.75) is 6.54 Å². The number of carbonyl (C=O) groups is 1. The van der Waals surface area contributed by atoms with Crippen molar-refractivity contribution < 1.29 is 36.5 Å². The summed E-state index contributed by atoms with van der Waals surface area (Å²) in [5.41, 5.74) is 1.43. The fourth-order valence-electron chi connectivity index (χ4n) is 4.14. The van der Waals surface area contributed by atoms with E-state index in [-0.39, 0.29) is 45.6 Å². The second-order valence-corrected chi connectivity index (χ2v) is 10.4. The first-order valence-corrected chi connectivity index (χ1v) is 13.0. The van der Waals surface area contributed by atoms with Gasteiger partial charge in [-0.15, -0.1) is 8.42 Å². The van der Waals surface area contributed by atoms with Crippen molar-refractivity contribution in [2.24, 2.45) is 0 Å². The van der Waals surface area contributed by atoms with Crippen molar-refractivity contribution >= 4 is 43.7 Å². The van der Waals surface area contributed by atoms with Gasteiger partial charge < -0.3 is 24.4 Å². The molecule has 3 aromatic heterocycles. The van der Waals surface area contributed by atoms with Gasteiger partial charge in [-0.1, -0.05) is 16.1 Å². The summed E-state index contributed by atoms with van der Waals surface area (Å²) in [6, 6.07) is 11.8. The number of phenolic OH excluding ortho intramolecular Hbond substituents is 1. The topological polar surface area (TPSA) is 138 Å². The number of halogens is 1. The molecule has 200 valence electrons. The Kier molecular flexibility index (Phi) is 6.44. The van der Waals surface area contributed by atoms with Crippen molar-refractivity contribution in [1.29, 1.82) is 0 Å². The van der Waals surface area contributed by atoms with Gasteiger partial charge in [-0.05, 0) is 29.8 Å². The third-order valence-corrected chi connectivity index (χ3v) is 7.28. The number of carbonyl (C=O) groups excluding carboxylic acids is 1. The fourth-order valence-corrected chi connectivity index (χ4v) is 4.94. The highest BCUT2D eigenvalue weighted by molar-refractivity contribution is 7.83. The van der Waals surface area contributed by atoms with Crippen LogP contribution in [0.4, 0.5) is 14.9 Å². The van der Waals surface area contributed by atoms with Gasteiger partial charge in [0.2, 0.25) is 5.88 Å². The largest absolute Gasteiger partial charge is 0.505 e. The van der Waals surface area contributed by atoms with Crippen LogP contribution >= 0.6 is 0 Å². The number of aromatic hydroxyl groups is 2. The van der Waals surface area contributed by atoms with E-state index in [2.05, 4.69) is 4.98 Å². The summed E-state index contributed by atoms with van der Waals surface area (Å²) >= 11 is 0. The third kappa shape index (κ3) is 4.86. The van der Waals surface area contributed by atoms with Crippen molar-refractivity contribution in [1.82, 2.24) is 14.3 Å². The highest BCUT2D eigenvalue weighted by Crippen LogP contribution is 2.46. The molecule has 0 radical (unpaired) electrons. The Morgan fingerprint density at radius 3 is 2.46 bits per heavy atom. The summed E-state index contributed by atoms with van der Waals surface area (Å²) in [5, 5.41) is 22.1. The molecule has 0 fully saturated rings. The van der Waals surface area contributed by atoms with Crippen molar-refractivity contribution in [3.05, 3.63) is 84.7 Å². The van der Waals surface area contributed by atoms with Crippen LogP contribution < -0.4 is 18.3 Å². The number of nitrogens with one attached hydrogen (secondary N) is 1. The summed E-state index contributed by atoms with van der Waals surface area (Å²) in [6.45, 7) is 0.101. The number of amides is 1. The highest BCUT2D eigenvalue weighted by atomic mass is 32.2. The van der Waals surface area contributed by atoms with Crippen molar-refractivity contribution in [3.8, 4) is 17.4 Å². The van der Waals surface area contributed by atoms with Crippen LogP contribution in [0.25, 0.3) is 21.7 Å². The molecule has 5 aromatic rings. The molecule has 1 amide bonds. The van der Waals surface area contributed by atoms with Crippen LogP contribution in [0.2, 0.25) is 0 Å². The molecule has 0 spiro atoms. The van der Waals surface area contributed by atoms with E-state index in [1.54, 1.807) is 37.2 Å². The minimum atomic E-state index is -4.36. The molecule has 0 unspecified atom stereocenters. The average Bonchev–Trinajstić information content (AvgIpc) is 3.23. The number of aromatic nitrogens is 3. The Morgan fingerprint density at radius 1 is 1.10 bits per heavy atom. The number of ether oxygens (including phenoxy) is 1. The quantitative estimate of drug-likeness (QED) is 0.274. The van der Waals surface area contributed by atoms with Crippen molar-refractivity contribution in [3.63, 3.8) is 0 Å². The number of hydrogen-bond acceptors (Lipinski definition) is 8. The minimum Gasteiger partial charge on any atom is -0.505 e. The van der Waals surface area contributed by atoms with Crippen LogP contribution in [0.15, 0.2) is 73.3 Å². The Bertz CT molecular complexity index is 1820. The van der Waals surface area contributed by atoms with E-state index < -0.39 is 22.1 Å². The summed E-state index contributed by atoms with van der Waals surface area (Å²) in [7, 11) is -0.765. The number of hydrogen-bond donors (Lipinski definition) is 3. The summed E-state index contributed by atoms with van der Waals surface area (Å²) < 4.78 is 48.4. The summed E-state index contributed by atoms with van der Waals surface area (Å²) in [4.78, 5) is 18.8. The Labute approximate surface area is 222 Å². The van der Waals surface area contributed by atoms with Gasteiger partial charge >= 0.3 is 16.3 Å². The summed E-state index contributed by atoms with van der Waals surface area (Å²) in [6.07, 6.45) is 4.07. The number of benzene rings is 2. The molecule has 3 N–H and O–H groups in total. The zero-order chi connectivity index (χ0) is 27.9. The average molecular weight is 553 g/mol. The SMILES string of the molecule is CN(C)c1cc[n+](S(=O)(=O)NC(=O)Oc2c3cccnc3c(O)c3c(O)n(Cc4ccc(F)cc4)cc23)cc1. The molecular formula is C26H23FN5O6S+. The van der Waals surface area contributed by atoms with Gasteiger partial charge in [0.1, 0.15) is 11.3 Å². The lowest BCUT2D eigenvalue weighted by molar-refractivity contribution is -0.512. The van der Waals surface area contributed by atoms with E-state index in [1.807, 2.05) is 4.72 Å². The predicted octanol–water partition coefficient (Wildman–Crippen LogP) is 3.02. The molecule has 13 heteroatoms. The van der Waals surface area contributed by atoms with E-state index in [0.717, 1.165) is 9.66 Å². The number of fused-ring (bicyclic) bond motifs is 2. The third-order valence-electron chi connectivity index (χ3n) is 6.06. The predicted molar refractivity (Wildman–Crippen MR) is 141 cm³/mol. The highest BCUT2D eigenvalue weighted by Gasteiger charge is 2.28. The molecule has 0 aliphatic heterocycles. The maximum absolute atomic E-state index is 13.3. The lowest BCUT2D eigenvalue weighted by Crippen LogP contribution is -2.52. The second kappa shape index (κ2) is 9.76. The number of pyridine rings is 2. The molecule has 0 atom stereocenters. The Morgan fingerprint density at radius 2 is 1.79 bits per heavy atom. The minimum absolute atomic E-state index is 0.0270. The molecule has 3 heterocycles. The zero-order valence-electron chi connectivity index (χ0n) is 20.7. The van der Waals surface area contributed by atoms with Crippen LogP contribution in [0, 0.1) is 5.82 Å². The van der Waals surface area contributed by atoms with E-state index in [1.165, 1.54) is 59.7 Å². The van der Waals surface area contributed by atoms with Gasteiger partial charge in [-0.2, -0.15) is 4.72 Å². The fraction of sp³-hybridized carbons (Fsp3) is 0.115. The van der Waals surface area contributed by atoms with Gasteiger partial charge in [0, 0.05) is 49.7 Å². The first-order valence-electron chi connectivity index (χ1n) is 11.5. The van der Waals surface area contributed by atoms with Gasteiger partial charge in [0.05, 0.1) is 17.3 Å². The van der Waals surface area contributed by atoms with E-state index >= 15 is 0 Å². The Hall–Kier alpha value is -4.91. The van der Waals surface area contributed by atoms with Gasteiger partial charge in [0.25, 0.3) is 0 Å². The van der Waals surface area contributed by atoms with Crippen LogP contribution in [-0.4, -0.2) is 48.4 Å². The van der Waals surface area contributed by atoms with Gasteiger partial charge in [0.15, 0.2) is 23.9 Å². The lowest BCUT2D eigenvalue weighted by atomic mass is 10.1. The second-order valence-electron chi connectivity index (χ2n) is 8.85. The van der Waals surface area contributed by atoms with E-state index in [4.69, 9.17) is 4.74 Å². The molecule has 0 saturated heterocycles.